The van der Waals surface area contributed by atoms with Crippen LogP contribution in [0, 0.1) is 0 Å². The van der Waals surface area contributed by atoms with Crippen molar-refractivity contribution < 1.29 is 9.59 Å². The van der Waals surface area contributed by atoms with Crippen LogP contribution in [-0.4, -0.2) is 35.8 Å². The Bertz CT molecular complexity index is 481. The zero-order valence-corrected chi connectivity index (χ0v) is 12.9. The third-order valence-electron chi connectivity index (χ3n) is 3.50. The monoisotopic (exact) mass is 311 g/mol. The molecule has 116 valence electrons. The Morgan fingerprint density at radius 3 is 2.62 bits per heavy atom. The summed E-state index contributed by atoms with van der Waals surface area (Å²) in [6, 6.07) is 8.49. The van der Waals surface area contributed by atoms with Crippen molar-refractivity contribution in [1.82, 2.24) is 10.2 Å². The lowest BCUT2D eigenvalue weighted by Gasteiger charge is -2.23. The fourth-order valence-electron chi connectivity index (χ4n) is 2.42. The Kier molecular flexibility index (Phi) is 6.65. The highest BCUT2D eigenvalue weighted by Crippen LogP contribution is 2.12. The van der Waals surface area contributed by atoms with Gasteiger partial charge in [0.05, 0.1) is 0 Å². The van der Waals surface area contributed by atoms with Gasteiger partial charge in [0.15, 0.2) is 0 Å². The average molecular weight is 312 g/mol. The van der Waals surface area contributed by atoms with E-state index in [0.717, 1.165) is 18.5 Å². The first-order valence-corrected chi connectivity index (χ1v) is 6.96. The second-order valence-electron chi connectivity index (χ2n) is 5.24. The van der Waals surface area contributed by atoms with Crippen LogP contribution in [0.3, 0.4) is 0 Å². The van der Waals surface area contributed by atoms with E-state index < -0.39 is 6.04 Å². The van der Waals surface area contributed by atoms with Crippen LogP contribution in [0.25, 0.3) is 0 Å². The van der Waals surface area contributed by atoms with Crippen molar-refractivity contribution >= 4 is 24.2 Å². The van der Waals surface area contributed by atoms with E-state index in [0.29, 0.717) is 13.0 Å². The third-order valence-corrected chi connectivity index (χ3v) is 3.50. The van der Waals surface area contributed by atoms with Gasteiger partial charge in [0.25, 0.3) is 0 Å². The van der Waals surface area contributed by atoms with Crippen LogP contribution in [0.2, 0.25) is 0 Å². The molecule has 1 aromatic carbocycles. The van der Waals surface area contributed by atoms with Crippen LogP contribution in [0.4, 0.5) is 0 Å². The van der Waals surface area contributed by atoms with E-state index in [4.69, 9.17) is 5.73 Å². The standard InChI is InChI=1S/C15H21N3O2.ClH/c1-11(10-18-9-5-8-13(18)19)17-15(20)14(16)12-6-3-2-4-7-12;/h2-4,6-7,11,14H,5,8-10,16H2,1H3,(H,17,20);1H. The number of amides is 2. The Morgan fingerprint density at radius 2 is 2.05 bits per heavy atom. The van der Waals surface area contributed by atoms with Gasteiger partial charge in [-0.05, 0) is 18.9 Å². The van der Waals surface area contributed by atoms with Crippen LogP contribution in [-0.2, 0) is 9.59 Å². The molecule has 1 aliphatic rings. The molecule has 1 aromatic rings. The Morgan fingerprint density at radius 1 is 1.38 bits per heavy atom. The molecule has 2 unspecified atom stereocenters. The Labute approximate surface area is 131 Å². The van der Waals surface area contributed by atoms with Crippen LogP contribution >= 0.6 is 12.4 Å². The van der Waals surface area contributed by atoms with Gasteiger partial charge >= 0.3 is 0 Å². The van der Waals surface area contributed by atoms with Crippen molar-refractivity contribution in [2.24, 2.45) is 5.73 Å². The van der Waals surface area contributed by atoms with E-state index in [1.807, 2.05) is 37.3 Å². The summed E-state index contributed by atoms with van der Waals surface area (Å²) >= 11 is 0. The number of likely N-dealkylation sites (tertiary alicyclic amines) is 1. The summed E-state index contributed by atoms with van der Waals surface area (Å²) < 4.78 is 0. The molecule has 5 nitrogen and oxygen atoms in total. The van der Waals surface area contributed by atoms with Gasteiger partial charge in [-0.1, -0.05) is 30.3 Å². The number of hydrogen-bond acceptors (Lipinski definition) is 3. The molecule has 21 heavy (non-hydrogen) atoms. The zero-order chi connectivity index (χ0) is 14.5. The number of carbonyl (C=O) groups is 2. The second kappa shape index (κ2) is 8.00. The summed E-state index contributed by atoms with van der Waals surface area (Å²) in [6.45, 7) is 3.22. The summed E-state index contributed by atoms with van der Waals surface area (Å²) in [5.74, 6) is -0.0474. The molecular weight excluding hydrogens is 290 g/mol. The molecule has 0 aliphatic carbocycles. The van der Waals surface area contributed by atoms with Gasteiger partial charge in [0, 0.05) is 25.6 Å². The van der Waals surface area contributed by atoms with Crippen molar-refractivity contribution in [3.8, 4) is 0 Å². The molecule has 0 bridgehead atoms. The predicted molar refractivity (Wildman–Crippen MR) is 84.0 cm³/mol. The summed E-state index contributed by atoms with van der Waals surface area (Å²) in [4.78, 5) is 25.4. The van der Waals surface area contributed by atoms with Gasteiger partial charge < -0.3 is 16.0 Å². The van der Waals surface area contributed by atoms with E-state index in [-0.39, 0.29) is 30.3 Å². The molecule has 1 heterocycles. The molecule has 0 aromatic heterocycles. The maximum Gasteiger partial charge on any atom is 0.241 e. The fraction of sp³-hybridized carbons (Fsp3) is 0.467. The highest BCUT2D eigenvalue weighted by atomic mass is 35.5. The molecule has 0 saturated carbocycles. The predicted octanol–water partition coefficient (Wildman–Crippen LogP) is 1.24. The van der Waals surface area contributed by atoms with Crippen LogP contribution in [0.1, 0.15) is 31.4 Å². The van der Waals surface area contributed by atoms with Gasteiger partial charge in [-0.25, -0.2) is 0 Å². The average Bonchev–Trinajstić information content (AvgIpc) is 2.84. The highest BCUT2D eigenvalue weighted by Gasteiger charge is 2.23. The summed E-state index contributed by atoms with van der Waals surface area (Å²) in [5.41, 5.74) is 6.72. The first-order chi connectivity index (χ1) is 9.58. The molecule has 1 saturated heterocycles. The summed E-state index contributed by atoms with van der Waals surface area (Å²) in [7, 11) is 0. The molecule has 2 rings (SSSR count). The Hall–Kier alpha value is -1.59. The first-order valence-electron chi connectivity index (χ1n) is 6.96. The zero-order valence-electron chi connectivity index (χ0n) is 12.1. The molecule has 6 heteroatoms. The lowest BCUT2D eigenvalue weighted by Crippen LogP contribution is -2.45. The number of nitrogens with one attached hydrogen (secondary N) is 1. The van der Waals surface area contributed by atoms with E-state index in [9.17, 15) is 9.59 Å². The van der Waals surface area contributed by atoms with E-state index in [1.54, 1.807) is 4.90 Å². The maximum atomic E-state index is 12.1. The topological polar surface area (TPSA) is 75.4 Å². The minimum Gasteiger partial charge on any atom is -0.350 e. The normalized spacial score (nSPS) is 17.0. The maximum absolute atomic E-state index is 12.1. The van der Waals surface area contributed by atoms with Crippen molar-refractivity contribution in [3.05, 3.63) is 35.9 Å². The lowest BCUT2D eigenvalue weighted by atomic mass is 10.1. The van der Waals surface area contributed by atoms with Crippen LogP contribution in [0.5, 0.6) is 0 Å². The minimum atomic E-state index is -0.673. The van der Waals surface area contributed by atoms with Gasteiger partial charge in [-0.15, -0.1) is 12.4 Å². The van der Waals surface area contributed by atoms with Crippen molar-refractivity contribution in [2.75, 3.05) is 13.1 Å². The van der Waals surface area contributed by atoms with Crippen LogP contribution in [0.15, 0.2) is 30.3 Å². The lowest BCUT2D eigenvalue weighted by molar-refractivity contribution is -0.129. The number of rotatable bonds is 5. The van der Waals surface area contributed by atoms with Gasteiger partial charge in [-0.2, -0.15) is 0 Å². The van der Waals surface area contributed by atoms with Crippen molar-refractivity contribution in [3.63, 3.8) is 0 Å². The van der Waals surface area contributed by atoms with Crippen LogP contribution < -0.4 is 11.1 Å². The Balaban J connectivity index is 0.00000220. The number of halogens is 1. The highest BCUT2D eigenvalue weighted by molar-refractivity contribution is 5.85. The number of hydrogen-bond donors (Lipinski definition) is 2. The molecule has 2 amide bonds. The quantitative estimate of drug-likeness (QED) is 0.859. The number of nitrogens with two attached hydrogens (primary N) is 1. The molecular formula is C15H22ClN3O2. The smallest absolute Gasteiger partial charge is 0.241 e. The van der Waals surface area contributed by atoms with Gasteiger partial charge in [0.1, 0.15) is 6.04 Å². The van der Waals surface area contributed by atoms with E-state index >= 15 is 0 Å². The van der Waals surface area contributed by atoms with Gasteiger partial charge in [0.2, 0.25) is 11.8 Å². The molecule has 0 spiro atoms. The molecule has 1 fully saturated rings. The number of carbonyl (C=O) groups excluding carboxylic acids is 2. The number of benzene rings is 1. The van der Waals surface area contributed by atoms with Crippen molar-refractivity contribution in [1.29, 1.82) is 0 Å². The molecule has 3 N–H and O–H groups in total. The molecule has 1 aliphatic heterocycles. The summed E-state index contributed by atoms with van der Waals surface area (Å²) in [6.07, 6.45) is 1.52. The largest absolute Gasteiger partial charge is 0.350 e. The summed E-state index contributed by atoms with van der Waals surface area (Å²) in [5, 5.41) is 2.87. The van der Waals surface area contributed by atoms with Gasteiger partial charge in [-0.3, -0.25) is 9.59 Å². The molecule has 2 atom stereocenters. The number of nitrogens with zero attached hydrogens (tertiary/aromatic N) is 1. The van der Waals surface area contributed by atoms with E-state index in [1.165, 1.54) is 0 Å². The second-order valence-corrected chi connectivity index (χ2v) is 5.24. The SMILES string of the molecule is CC(CN1CCCC1=O)NC(=O)C(N)c1ccccc1.Cl. The minimum absolute atomic E-state index is 0. The molecule has 0 radical (unpaired) electrons. The third kappa shape index (κ3) is 4.72. The van der Waals surface area contributed by atoms with Crippen molar-refractivity contribution in [2.45, 2.75) is 31.8 Å². The van der Waals surface area contributed by atoms with E-state index in [2.05, 4.69) is 5.32 Å². The fourth-order valence-corrected chi connectivity index (χ4v) is 2.42. The first kappa shape index (κ1) is 17.5.